The largest absolute Gasteiger partial charge is 0.497 e. The summed E-state index contributed by atoms with van der Waals surface area (Å²) in [6.07, 6.45) is 4.15. The molecule has 1 aliphatic rings. The first-order valence-corrected chi connectivity index (χ1v) is 11.9. The number of hydrogen-bond donors (Lipinski definition) is 3. The smallest absolute Gasteiger partial charge is 0.496 e. The summed E-state index contributed by atoms with van der Waals surface area (Å²) in [7, 11) is 4.75. The minimum Gasteiger partial charge on any atom is -0.497 e. The molecule has 1 amide bonds. The average Bonchev–Trinajstić information content (AvgIpc) is 3.42. The molecule has 0 unspecified atom stereocenters. The third-order valence-corrected chi connectivity index (χ3v) is 6.69. The molecule has 8 nitrogen and oxygen atoms in total. The van der Waals surface area contributed by atoms with Crippen molar-refractivity contribution >= 4 is 35.7 Å². The molecule has 2 aromatic carbocycles. The SMILES string of the molecule is COc1ccc2c(c1)C(CC(=O)NCc1cccn1C)=C(C)/C2=C/c1cc(OC)c(B(O)O)c(OC)c1. The second-order valence-corrected chi connectivity index (χ2v) is 8.85. The van der Waals surface area contributed by atoms with Gasteiger partial charge in [-0.1, -0.05) is 6.07 Å². The molecule has 0 saturated heterocycles. The van der Waals surface area contributed by atoms with Crippen molar-refractivity contribution in [1.82, 2.24) is 9.88 Å². The van der Waals surface area contributed by atoms with Gasteiger partial charge in [-0.2, -0.15) is 0 Å². The normalized spacial score (nSPS) is 13.5. The lowest BCUT2D eigenvalue weighted by molar-refractivity contribution is -0.120. The van der Waals surface area contributed by atoms with Crippen molar-refractivity contribution in [1.29, 1.82) is 0 Å². The average molecular weight is 502 g/mol. The van der Waals surface area contributed by atoms with Gasteiger partial charge in [0.25, 0.3) is 0 Å². The Kier molecular flexibility index (Phi) is 7.76. The molecule has 9 heteroatoms. The lowest BCUT2D eigenvalue weighted by Gasteiger charge is -2.14. The molecular formula is C28H31BN2O6. The van der Waals surface area contributed by atoms with Crippen LogP contribution < -0.4 is 25.0 Å². The van der Waals surface area contributed by atoms with Gasteiger partial charge in [0.2, 0.25) is 5.91 Å². The quantitative estimate of drug-likeness (QED) is 0.389. The maximum atomic E-state index is 13.0. The number of allylic oxidation sites excluding steroid dienone is 2. The standard InChI is InChI=1S/C28H31BN2O6/c1-17-22(11-18-12-25(36-4)28(29(33)34)26(13-18)37-5)21-9-8-20(35-3)14-24(21)23(17)15-27(32)30-16-19-7-6-10-31(19)2/h6-14,33-34H,15-16H2,1-5H3,(H,30,32)/b22-11-. The highest BCUT2D eigenvalue weighted by atomic mass is 16.5. The summed E-state index contributed by atoms with van der Waals surface area (Å²) in [5.74, 6) is 1.24. The molecule has 37 heavy (non-hydrogen) atoms. The second kappa shape index (κ2) is 11.0. The molecule has 0 aliphatic heterocycles. The van der Waals surface area contributed by atoms with E-state index in [9.17, 15) is 14.8 Å². The third kappa shape index (κ3) is 5.28. The van der Waals surface area contributed by atoms with Crippen molar-refractivity contribution in [3.63, 3.8) is 0 Å². The summed E-state index contributed by atoms with van der Waals surface area (Å²) >= 11 is 0. The summed E-state index contributed by atoms with van der Waals surface area (Å²) in [4.78, 5) is 13.0. The van der Waals surface area contributed by atoms with Crippen molar-refractivity contribution in [2.24, 2.45) is 7.05 Å². The molecule has 192 valence electrons. The number of aromatic nitrogens is 1. The number of amides is 1. The molecule has 0 bridgehead atoms. The van der Waals surface area contributed by atoms with Crippen LogP contribution in [0.5, 0.6) is 17.2 Å². The van der Waals surface area contributed by atoms with Crippen LogP contribution in [0.15, 0.2) is 54.2 Å². The van der Waals surface area contributed by atoms with Gasteiger partial charge in [0.15, 0.2) is 0 Å². The molecule has 0 saturated carbocycles. The fourth-order valence-corrected chi connectivity index (χ4v) is 4.67. The predicted octanol–water partition coefficient (Wildman–Crippen LogP) is 2.76. The number of hydrogen-bond acceptors (Lipinski definition) is 6. The third-order valence-electron chi connectivity index (χ3n) is 6.69. The van der Waals surface area contributed by atoms with Crippen molar-refractivity contribution < 1.29 is 29.1 Å². The van der Waals surface area contributed by atoms with Crippen molar-refractivity contribution in [2.75, 3.05) is 21.3 Å². The van der Waals surface area contributed by atoms with Gasteiger partial charge in [-0.25, -0.2) is 0 Å². The van der Waals surface area contributed by atoms with E-state index in [1.807, 2.05) is 61.1 Å². The van der Waals surface area contributed by atoms with Crippen LogP contribution in [0.4, 0.5) is 0 Å². The number of nitrogens with one attached hydrogen (secondary N) is 1. The highest BCUT2D eigenvalue weighted by Gasteiger charge is 2.27. The summed E-state index contributed by atoms with van der Waals surface area (Å²) in [5, 5.41) is 22.6. The van der Waals surface area contributed by atoms with Crippen LogP contribution in [0, 0.1) is 0 Å². The molecule has 1 aliphatic carbocycles. The molecule has 4 rings (SSSR count). The van der Waals surface area contributed by atoms with E-state index in [0.717, 1.165) is 39.1 Å². The summed E-state index contributed by atoms with van der Waals surface area (Å²) in [6.45, 7) is 2.45. The first kappa shape index (κ1) is 26.1. The fourth-order valence-electron chi connectivity index (χ4n) is 4.67. The number of nitrogens with zero attached hydrogens (tertiary/aromatic N) is 1. The molecule has 0 fully saturated rings. The van der Waals surface area contributed by atoms with Gasteiger partial charge >= 0.3 is 7.12 Å². The number of carbonyl (C=O) groups excluding carboxylic acids is 1. The van der Waals surface area contributed by atoms with Gasteiger partial charge in [-0.15, -0.1) is 0 Å². The Morgan fingerprint density at radius 1 is 1.03 bits per heavy atom. The van der Waals surface area contributed by atoms with Crippen LogP contribution in [0.3, 0.4) is 0 Å². The number of rotatable bonds is 9. The monoisotopic (exact) mass is 502 g/mol. The number of benzene rings is 2. The van der Waals surface area contributed by atoms with Gasteiger partial charge < -0.3 is 34.1 Å². The van der Waals surface area contributed by atoms with Gasteiger partial charge in [-0.3, -0.25) is 4.79 Å². The molecule has 1 heterocycles. The Morgan fingerprint density at radius 2 is 1.73 bits per heavy atom. The Bertz CT molecular complexity index is 1360. The Hall–Kier alpha value is -3.95. The zero-order chi connectivity index (χ0) is 26.7. The first-order valence-electron chi connectivity index (χ1n) is 11.9. The zero-order valence-corrected chi connectivity index (χ0v) is 21.7. The number of carbonyl (C=O) groups is 1. The summed E-state index contributed by atoms with van der Waals surface area (Å²) in [6, 6.07) is 13.2. The van der Waals surface area contributed by atoms with Crippen LogP contribution in [-0.2, 0) is 18.4 Å². The van der Waals surface area contributed by atoms with E-state index in [0.29, 0.717) is 23.8 Å². The zero-order valence-electron chi connectivity index (χ0n) is 21.7. The Labute approximate surface area is 216 Å². The minimum absolute atomic E-state index is 0.0739. The van der Waals surface area contributed by atoms with Crippen molar-refractivity contribution in [2.45, 2.75) is 19.9 Å². The van der Waals surface area contributed by atoms with Crippen LogP contribution in [0.25, 0.3) is 17.2 Å². The maximum absolute atomic E-state index is 13.0. The number of methoxy groups -OCH3 is 3. The van der Waals surface area contributed by atoms with Crippen LogP contribution in [0.1, 0.15) is 35.7 Å². The van der Waals surface area contributed by atoms with E-state index >= 15 is 0 Å². The molecule has 3 aromatic rings. The molecular weight excluding hydrogens is 471 g/mol. The topological polar surface area (TPSA) is 102 Å². The molecule has 0 atom stereocenters. The minimum atomic E-state index is -1.74. The van der Waals surface area contributed by atoms with Gasteiger partial charge in [-0.05, 0) is 82.8 Å². The van der Waals surface area contributed by atoms with E-state index in [1.54, 1.807) is 19.2 Å². The van der Waals surface area contributed by atoms with Crippen molar-refractivity contribution in [3.8, 4) is 17.2 Å². The van der Waals surface area contributed by atoms with Crippen LogP contribution in [-0.4, -0.2) is 49.0 Å². The lowest BCUT2D eigenvalue weighted by atomic mass is 9.78. The van der Waals surface area contributed by atoms with Gasteiger partial charge in [0.05, 0.1) is 39.8 Å². The molecule has 1 aromatic heterocycles. The fraction of sp³-hybridized carbons (Fsp3) is 0.250. The van der Waals surface area contributed by atoms with Gasteiger partial charge in [0, 0.05) is 18.9 Å². The Balaban J connectivity index is 1.73. The summed E-state index contributed by atoms with van der Waals surface area (Å²) in [5.41, 5.74) is 6.70. The summed E-state index contributed by atoms with van der Waals surface area (Å²) < 4.78 is 18.3. The molecule has 3 N–H and O–H groups in total. The Morgan fingerprint density at radius 3 is 2.30 bits per heavy atom. The second-order valence-electron chi connectivity index (χ2n) is 8.85. The number of fused-ring (bicyclic) bond motifs is 1. The molecule has 0 radical (unpaired) electrons. The van der Waals surface area contributed by atoms with Crippen molar-refractivity contribution in [3.05, 3.63) is 76.6 Å². The van der Waals surface area contributed by atoms with E-state index in [2.05, 4.69) is 5.32 Å². The van der Waals surface area contributed by atoms with E-state index in [1.165, 1.54) is 14.2 Å². The predicted molar refractivity (Wildman–Crippen MR) is 145 cm³/mol. The number of aryl methyl sites for hydroxylation is 1. The van der Waals surface area contributed by atoms with E-state index in [-0.39, 0.29) is 17.8 Å². The molecule has 0 spiro atoms. The maximum Gasteiger partial charge on any atom is 0.496 e. The van der Waals surface area contributed by atoms with E-state index < -0.39 is 7.12 Å². The highest BCUT2D eigenvalue weighted by molar-refractivity contribution is 6.61. The van der Waals surface area contributed by atoms with Gasteiger partial charge in [0.1, 0.15) is 17.2 Å². The highest BCUT2D eigenvalue weighted by Crippen LogP contribution is 2.45. The van der Waals surface area contributed by atoms with E-state index in [4.69, 9.17) is 14.2 Å². The first-order chi connectivity index (χ1) is 17.8. The number of ether oxygens (including phenoxy) is 3. The van der Waals surface area contributed by atoms with Crippen LogP contribution in [0.2, 0.25) is 0 Å². The lowest BCUT2D eigenvalue weighted by Crippen LogP contribution is -2.32. The van der Waals surface area contributed by atoms with Crippen LogP contribution >= 0.6 is 0 Å².